The van der Waals surface area contributed by atoms with Crippen molar-refractivity contribution in [2.75, 3.05) is 0 Å². The molecular weight excluding hydrogens is 516 g/mol. The number of hydrogen-bond donors (Lipinski definition) is 0. The quantitative estimate of drug-likeness (QED) is 0.148. The Morgan fingerprint density at radius 1 is 0.488 bits per heavy atom. The Kier molecular flexibility index (Phi) is 4.11. The molecule has 43 heavy (non-hydrogen) atoms. The van der Waals surface area contributed by atoms with Gasteiger partial charge in [-0.15, -0.1) is 0 Å². The lowest BCUT2D eigenvalue weighted by atomic mass is 9.79. The van der Waals surface area contributed by atoms with E-state index in [0.29, 0.717) is 5.56 Å². The fourth-order valence-electron chi connectivity index (χ4n) is 7.65. The Morgan fingerprint density at radius 2 is 1.09 bits per heavy atom. The molecule has 202 valence electrons. The van der Waals surface area contributed by atoms with E-state index in [4.69, 9.17) is 6.85 Å². The van der Waals surface area contributed by atoms with Crippen molar-refractivity contribution in [1.29, 1.82) is 0 Å². The molecule has 0 nitrogen and oxygen atoms in total. The Morgan fingerprint density at radius 3 is 1.86 bits per heavy atom. The van der Waals surface area contributed by atoms with Gasteiger partial charge in [-0.25, -0.2) is 0 Å². The number of rotatable bonds is 2. The number of benzene rings is 8. The van der Waals surface area contributed by atoms with E-state index < -0.39 is 6.04 Å². The van der Waals surface area contributed by atoms with Crippen LogP contribution >= 0.6 is 0 Å². The maximum atomic E-state index is 9.03. The zero-order chi connectivity index (χ0) is 33.1. The van der Waals surface area contributed by atoms with Crippen LogP contribution in [-0.2, 0) is 5.41 Å². The molecule has 0 bridgehead atoms. The average molecular weight is 552 g/mol. The van der Waals surface area contributed by atoms with Gasteiger partial charge in [0.1, 0.15) is 0 Å². The Balaban J connectivity index is 1.42. The van der Waals surface area contributed by atoms with E-state index in [1.807, 2.05) is 30.3 Å². The van der Waals surface area contributed by atoms with Gasteiger partial charge in [0.2, 0.25) is 0 Å². The van der Waals surface area contributed by atoms with Crippen LogP contribution in [0.25, 0.3) is 76.5 Å². The van der Waals surface area contributed by atoms with Crippen LogP contribution in [0.3, 0.4) is 0 Å². The molecule has 0 fully saturated rings. The predicted octanol–water partition coefficient (Wildman–Crippen LogP) is 11.9. The van der Waals surface area contributed by atoms with Gasteiger partial charge in [0.25, 0.3) is 0 Å². The molecule has 0 saturated heterocycles. The lowest BCUT2D eigenvalue weighted by Gasteiger charge is -2.24. The third-order valence-electron chi connectivity index (χ3n) is 9.49. The molecule has 0 atom stereocenters. The molecule has 0 amide bonds. The van der Waals surface area contributed by atoms with E-state index in [1.54, 1.807) is 0 Å². The first-order chi connectivity index (χ1) is 23.2. The minimum atomic E-state index is -0.390. The lowest BCUT2D eigenvalue weighted by Crippen LogP contribution is -2.15. The fourth-order valence-corrected chi connectivity index (χ4v) is 7.65. The van der Waals surface area contributed by atoms with Gasteiger partial charge in [-0.1, -0.05) is 153 Å². The zero-order valence-electron chi connectivity index (χ0n) is 29.0. The molecule has 1 aliphatic carbocycles. The molecule has 0 aliphatic heterocycles. The van der Waals surface area contributed by atoms with E-state index >= 15 is 0 Å². The molecule has 1 aliphatic rings. The normalized spacial score (nSPS) is 15.2. The van der Waals surface area contributed by atoms with Crippen molar-refractivity contribution in [1.82, 2.24) is 0 Å². The SMILES string of the molecule is [2H]c1c([2H])c([2H])c(-c2c3ccccc3c(-c3ccc4c(c3)C(C)(C)c3c-4ccc4ccccc34)c3ccc4ccccc4c23)c([2H])c1[2H]. The third-order valence-corrected chi connectivity index (χ3v) is 9.49. The second-order valence-corrected chi connectivity index (χ2v) is 12.1. The van der Waals surface area contributed by atoms with E-state index in [0.717, 1.165) is 43.4 Å². The minimum absolute atomic E-state index is 0.197. The monoisotopic (exact) mass is 551 g/mol. The van der Waals surface area contributed by atoms with Crippen molar-refractivity contribution < 1.29 is 6.85 Å². The summed E-state index contributed by atoms with van der Waals surface area (Å²) in [5.41, 5.74) is 7.97. The van der Waals surface area contributed by atoms with Crippen molar-refractivity contribution in [3.8, 4) is 33.4 Å². The standard InChI is InChI=1S/C43H30/c1-43(2)38-26-30(22-23-33(38)36-24-20-28-13-7-9-17-32(28)42(36)43)39-34-18-10-11-19-35(34)40(29-14-4-3-5-15-29)41-31-16-8-6-12-27(31)21-25-37(39)41/h3-26H,1-2H3/i3D,4D,5D,14D,15D. The van der Waals surface area contributed by atoms with Crippen LogP contribution in [0.2, 0.25) is 0 Å². The van der Waals surface area contributed by atoms with Gasteiger partial charge >= 0.3 is 0 Å². The van der Waals surface area contributed by atoms with Crippen molar-refractivity contribution in [3.63, 3.8) is 0 Å². The van der Waals surface area contributed by atoms with Crippen molar-refractivity contribution in [3.05, 3.63) is 157 Å². The first-order valence-electron chi connectivity index (χ1n) is 17.3. The molecule has 0 aromatic heterocycles. The lowest BCUT2D eigenvalue weighted by molar-refractivity contribution is 0.666. The van der Waals surface area contributed by atoms with Gasteiger partial charge in [-0.05, 0) is 93.7 Å². The van der Waals surface area contributed by atoms with Gasteiger partial charge in [0.05, 0.1) is 6.85 Å². The van der Waals surface area contributed by atoms with Gasteiger partial charge < -0.3 is 0 Å². The van der Waals surface area contributed by atoms with E-state index in [-0.39, 0.29) is 35.1 Å². The summed E-state index contributed by atoms with van der Waals surface area (Å²) in [6.45, 7) is 4.64. The molecular formula is C43H30. The molecule has 0 saturated carbocycles. The first kappa shape index (κ1) is 19.8. The molecule has 0 heterocycles. The second-order valence-electron chi connectivity index (χ2n) is 12.1. The van der Waals surface area contributed by atoms with Crippen LogP contribution in [0, 0.1) is 0 Å². The predicted molar refractivity (Wildman–Crippen MR) is 185 cm³/mol. The summed E-state index contributed by atoms with van der Waals surface area (Å²) in [5, 5.41) is 8.21. The van der Waals surface area contributed by atoms with Crippen LogP contribution in [0.5, 0.6) is 0 Å². The summed E-state index contributed by atoms with van der Waals surface area (Å²) in [7, 11) is 0. The largest absolute Gasteiger partial charge is 0.0629 e. The van der Waals surface area contributed by atoms with Gasteiger partial charge in [-0.3, -0.25) is 0 Å². The fraction of sp³-hybridized carbons (Fsp3) is 0.0698. The van der Waals surface area contributed by atoms with Crippen molar-refractivity contribution in [2.45, 2.75) is 19.3 Å². The summed E-state index contributed by atoms with van der Waals surface area (Å²) in [6, 6.07) is 39.0. The minimum Gasteiger partial charge on any atom is -0.0622 e. The molecule has 8 aromatic rings. The summed E-state index contributed by atoms with van der Waals surface area (Å²) in [6.07, 6.45) is 0. The smallest absolute Gasteiger partial charge is 0.0622 e. The number of hydrogen-bond acceptors (Lipinski definition) is 0. The van der Waals surface area contributed by atoms with Crippen LogP contribution in [0.1, 0.15) is 31.8 Å². The Bertz CT molecular complexity index is 2670. The highest BCUT2D eigenvalue weighted by Crippen LogP contribution is 2.53. The molecule has 9 rings (SSSR count). The molecule has 0 heteroatoms. The van der Waals surface area contributed by atoms with Gasteiger partial charge in [0.15, 0.2) is 0 Å². The van der Waals surface area contributed by atoms with Gasteiger partial charge in [-0.2, -0.15) is 0 Å². The van der Waals surface area contributed by atoms with E-state index in [9.17, 15) is 0 Å². The first-order valence-corrected chi connectivity index (χ1v) is 14.8. The maximum Gasteiger partial charge on any atom is 0.0629 e. The molecule has 0 N–H and O–H groups in total. The highest BCUT2D eigenvalue weighted by molar-refractivity contribution is 6.28. The van der Waals surface area contributed by atoms with Crippen LogP contribution in [0.15, 0.2) is 145 Å². The summed E-state index contributed by atoms with van der Waals surface area (Å²) >= 11 is 0. The van der Waals surface area contributed by atoms with Gasteiger partial charge in [0, 0.05) is 5.41 Å². The third kappa shape index (κ3) is 3.38. The number of fused-ring (bicyclic) bond motifs is 9. The molecule has 0 spiro atoms. The summed E-state index contributed by atoms with van der Waals surface area (Å²) < 4.78 is 43.4. The summed E-state index contributed by atoms with van der Waals surface area (Å²) in [5.74, 6) is 0. The van der Waals surface area contributed by atoms with Crippen molar-refractivity contribution in [2.24, 2.45) is 0 Å². The van der Waals surface area contributed by atoms with Crippen LogP contribution < -0.4 is 0 Å². The zero-order valence-corrected chi connectivity index (χ0v) is 24.0. The molecule has 0 unspecified atom stereocenters. The highest BCUT2D eigenvalue weighted by atomic mass is 14.4. The van der Waals surface area contributed by atoms with Crippen LogP contribution in [-0.4, -0.2) is 0 Å². The summed E-state index contributed by atoms with van der Waals surface area (Å²) in [4.78, 5) is 0. The van der Waals surface area contributed by atoms with E-state index in [1.165, 1.54) is 33.0 Å². The van der Waals surface area contributed by atoms with Crippen molar-refractivity contribution >= 4 is 43.1 Å². The maximum absolute atomic E-state index is 9.03. The molecule has 8 aromatic carbocycles. The second kappa shape index (κ2) is 8.90. The highest BCUT2D eigenvalue weighted by Gasteiger charge is 2.37. The van der Waals surface area contributed by atoms with E-state index in [2.05, 4.69) is 98.8 Å². The topological polar surface area (TPSA) is 0 Å². The Hall–Kier alpha value is -5.20. The molecule has 0 radical (unpaired) electrons. The Labute approximate surface area is 258 Å². The van der Waals surface area contributed by atoms with Crippen LogP contribution in [0.4, 0.5) is 0 Å². The average Bonchev–Trinajstić information content (AvgIpc) is 3.35.